The van der Waals surface area contributed by atoms with E-state index in [0.29, 0.717) is 11.5 Å². The summed E-state index contributed by atoms with van der Waals surface area (Å²) < 4.78 is 10.4. The fourth-order valence-corrected chi connectivity index (χ4v) is 2.24. The molecule has 0 unspecified atom stereocenters. The molecule has 1 heterocycles. The Bertz CT molecular complexity index is 448. The summed E-state index contributed by atoms with van der Waals surface area (Å²) in [5.74, 6) is 1.44. The summed E-state index contributed by atoms with van der Waals surface area (Å²) in [6.45, 7) is 1.81. The predicted octanol–water partition coefficient (Wildman–Crippen LogP) is 2.06. The van der Waals surface area contributed by atoms with Crippen LogP contribution in [0.2, 0.25) is 0 Å². The van der Waals surface area contributed by atoms with E-state index in [1.165, 1.54) is 0 Å². The third-order valence-corrected chi connectivity index (χ3v) is 3.36. The molecule has 5 nitrogen and oxygen atoms in total. The maximum absolute atomic E-state index is 12.1. The number of carbonyl (C=O) groups is 1. The summed E-state index contributed by atoms with van der Waals surface area (Å²) in [5, 5.41) is 6.19. The zero-order valence-corrected chi connectivity index (χ0v) is 12.6. The number of hydrogen-bond donors (Lipinski definition) is 2. The highest BCUT2D eigenvalue weighted by atomic mass is 35.5. The molecule has 0 atom stereocenters. The maximum Gasteiger partial charge on any atom is 0.227 e. The van der Waals surface area contributed by atoms with Crippen LogP contribution in [0.3, 0.4) is 0 Å². The third kappa shape index (κ3) is 4.02. The molecule has 20 heavy (non-hydrogen) atoms. The van der Waals surface area contributed by atoms with Gasteiger partial charge in [0.2, 0.25) is 5.91 Å². The lowest BCUT2D eigenvalue weighted by molar-refractivity contribution is -0.120. The van der Waals surface area contributed by atoms with E-state index in [9.17, 15) is 4.79 Å². The van der Waals surface area contributed by atoms with Crippen LogP contribution in [0.25, 0.3) is 0 Å². The van der Waals surface area contributed by atoms with E-state index in [4.69, 9.17) is 9.47 Å². The van der Waals surface area contributed by atoms with Crippen molar-refractivity contribution in [3.8, 4) is 11.5 Å². The van der Waals surface area contributed by atoms with Gasteiger partial charge in [-0.25, -0.2) is 0 Å². The minimum atomic E-state index is 0. The maximum atomic E-state index is 12.1. The average molecular weight is 301 g/mol. The second-order valence-corrected chi connectivity index (χ2v) is 4.58. The topological polar surface area (TPSA) is 59.6 Å². The molecule has 2 rings (SSSR count). The zero-order chi connectivity index (χ0) is 13.7. The number of hydrogen-bond acceptors (Lipinski definition) is 4. The van der Waals surface area contributed by atoms with Gasteiger partial charge in [0.25, 0.3) is 0 Å². The summed E-state index contributed by atoms with van der Waals surface area (Å²) in [4.78, 5) is 12.1. The zero-order valence-electron chi connectivity index (χ0n) is 11.8. The Labute approximate surface area is 125 Å². The number of halogens is 1. The lowest BCUT2D eigenvalue weighted by atomic mass is 9.97. The van der Waals surface area contributed by atoms with E-state index in [1.54, 1.807) is 26.4 Å². The molecule has 1 aliphatic rings. The molecule has 0 radical (unpaired) electrons. The number of methoxy groups -OCH3 is 2. The predicted molar refractivity (Wildman–Crippen MR) is 81.0 cm³/mol. The molecule has 1 fully saturated rings. The third-order valence-electron chi connectivity index (χ3n) is 3.36. The minimum Gasteiger partial charge on any atom is -0.493 e. The highest BCUT2D eigenvalue weighted by Gasteiger charge is 2.21. The van der Waals surface area contributed by atoms with Crippen LogP contribution in [-0.4, -0.2) is 33.2 Å². The Morgan fingerprint density at radius 1 is 1.20 bits per heavy atom. The lowest BCUT2D eigenvalue weighted by Crippen LogP contribution is -2.34. The van der Waals surface area contributed by atoms with Crippen molar-refractivity contribution in [1.29, 1.82) is 0 Å². The van der Waals surface area contributed by atoms with Crippen LogP contribution >= 0.6 is 12.4 Å². The highest BCUT2D eigenvalue weighted by molar-refractivity contribution is 5.93. The van der Waals surface area contributed by atoms with E-state index in [-0.39, 0.29) is 24.2 Å². The van der Waals surface area contributed by atoms with Crippen molar-refractivity contribution in [2.45, 2.75) is 12.8 Å². The van der Waals surface area contributed by atoms with Gasteiger partial charge in [0.15, 0.2) is 11.5 Å². The van der Waals surface area contributed by atoms with Crippen molar-refractivity contribution in [2.24, 2.45) is 5.92 Å². The van der Waals surface area contributed by atoms with Crippen molar-refractivity contribution < 1.29 is 14.3 Å². The van der Waals surface area contributed by atoms with Gasteiger partial charge in [0, 0.05) is 17.7 Å². The van der Waals surface area contributed by atoms with E-state index in [0.717, 1.165) is 31.6 Å². The molecular weight excluding hydrogens is 280 g/mol. The van der Waals surface area contributed by atoms with Crippen LogP contribution in [0.5, 0.6) is 11.5 Å². The molecule has 0 spiro atoms. The van der Waals surface area contributed by atoms with E-state index in [1.807, 2.05) is 6.07 Å². The SMILES string of the molecule is COc1ccc(NC(=O)C2CCNCC2)cc1OC.Cl. The number of nitrogens with one attached hydrogen (secondary N) is 2. The molecule has 0 aliphatic carbocycles. The van der Waals surface area contributed by atoms with Crippen molar-refractivity contribution in [2.75, 3.05) is 32.6 Å². The molecule has 2 N–H and O–H groups in total. The Hall–Kier alpha value is -1.46. The highest BCUT2D eigenvalue weighted by Crippen LogP contribution is 2.30. The molecule has 112 valence electrons. The summed E-state index contributed by atoms with van der Waals surface area (Å²) in [6.07, 6.45) is 1.78. The molecule has 1 aromatic carbocycles. The monoisotopic (exact) mass is 300 g/mol. The number of rotatable bonds is 4. The summed E-state index contributed by atoms with van der Waals surface area (Å²) in [6, 6.07) is 5.38. The number of anilines is 1. The van der Waals surface area contributed by atoms with Gasteiger partial charge in [0.1, 0.15) is 0 Å². The number of carbonyl (C=O) groups excluding carboxylic acids is 1. The van der Waals surface area contributed by atoms with Gasteiger partial charge in [-0.05, 0) is 38.1 Å². The minimum absolute atomic E-state index is 0. The van der Waals surface area contributed by atoms with Crippen LogP contribution in [0.1, 0.15) is 12.8 Å². The molecule has 0 saturated carbocycles. The number of piperidine rings is 1. The van der Waals surface area contributed by atoms with Crippen LogP contribution in [0, 0.1) is 5.92 Å². The Morgan fingerprint density at radius 3 is 2.45 bits per heavy atom. The first-order valence-corrected chi connectivity index (χ1v) is 6.48. The van der Waals surface area contributed by atoms with Crippen molar-refractivity contribution in [3.63, 3.8) is 0 Å². The largest absolute Gasteiger partial charge is 0.493 e. The first-order valence-electron chi connectivity index (χ1n) is 6.48. The average Bonchev–Trinajstić information content (AvgIpc) is 2.48. The van der Waals surface area contributed by atoms with Crippen LogP contribution in [-0.2, 0) is 4.79 Å². The van der Waals surface area contributed by atoms with Crippen LogP contribution < -0.4 is 20.1 Å². The smallest absolute Gasteiger partial charge is 0.227 e. The molecule has 6 heteroatoms. The van der Waals surface area contributed by atoms with E-state index < -0.39 is 0 Å². The second kappa shape index (κ2) is 7.97. The number of benzene rings is 1. The van der Waals surface area contributed by atoms with Gasteiger partial charge >= 0.3 is 0 Å². The molecule has 1 aromatic rings. The normalized spacial score (nSPS) is 15.1. The van der Waals surface area contributed by atoms with Gasteiger partial charge in [-0.2, -0.15) is 0 Å². The van der Waals surface area contributed by atoms with Gasteiger partial charge in [-0.1, -0.05) is 0 Å². The molecule has 0 bridgehead atoms. The summed E-state index contributed by atoms with van der Waals surface area (Å²) >= 11 is 0. The van der Waals surface area contributed by atoms with Crippen molar-refractivity contribution >= 4 is 24.0 Å². The Morgan fingerprint density at radius 2 is 1.85 bits per heavy atom. The van der Waals surface area contributed by atoms with Gasteiger partial charge in [0.05, 0.1) is 14.2 Å². The number of ether oxygens (including phenoxy) is 2. The molecule has 1 saturated heterocycles. The van der Waals surface area contributed by atoms with Gasteiger partial charge < -0.3 is 20.1 Å². The van der Waals surface area contributed by atoms with E-state index >= 15 is 0 Å². The quantitative estimate of drug-likeness (QED) is 0.893. The molecule has 0 aromatic heterocycles. The van der Waals surface area contributed by atoms with Gasteiger partial charge in [-0.15, -0.1) is 12.4 Å². The Kier molecular flexibility index (Phi) is 6.61. The first kappa shape index (κ1) is 16.6. The van der Waals surface area contributed by atoms with Crippen molar-refractivity contribution in [3.05, 3.63) is 18.2 Å². The molecule has 1 aliphatic heterocycles. The fourth-order valence-electron chi connectivity index (χ4n) is 2.24. The first-order chi connectivity index (χ1) is 9.24. The standard InChI is InChI=1S/C14H20N2O3.ClH/c1-18-12-4-3-11(9-13(12)19-2)16-14(17)10-5-7-15-8-6-10;/h3-4,9-10,15H,5-8H2,1-2H3,(H,16,17);1H. The fraction of sp³-hybridized carbons (Fsp3) is 0.500. The van der Waals surface area contributed by atoms with Crippen LogP contribution in [0.15, 0.2) is 18.2 Å². The second-order valence-electron chi connectivity index (χ2n) is 4.58. The summed E-state index contributed by atoms with van der Waals surface area (Å²) in [5.41, 5.74) is 0.737. The molecule has 1 amide bonds. The van der Waals surface area contributed by atoms with Gasteiger partial charge in [-0.3, -0.25) is 4.79 Å². The van der Waals surface area contributed by atoms with E-state index in [2.05, 4.69) is 10.6 Å². The van der Waals surface area contributed by atoms with Crippen LogP contribution in [0.4, 0.5) is 5.69 Å². The van der Waals surface area contributed by atoms with Crippen molar-refractivity contribution in [1.82, 2.24) is 5.32 Å². The Balaban J connectivity index is 0.00000200. The number of amides is 1. The lowest BCUT2D eigenvalue weighted by Gasteiger charge is -2.22. The summed E-state index contributed by atoms with van der Waals surface area (Å²) in [7, 11) is 3.17. The molecular formula is C14H21ClN2O3.